The average molecular weight is 963 g/mol. The van der Waals surface area contributed by atoms with Crippen LogP contribution in [0.1, 0.15) is 71.4 Å². The van der Waals surface area contributed by atoms with Crippen LogP contribution in [0, 0.1) is 22.6 Å². The molecule has 17 heteroatoms. The van der Waals surface area contributed by atoms with E-state index in [1.165, 1.54) is 17.4 Å². The number of rotatable bonds is 17. The molecule has 2 aliphatic heterocycles. The van der Waals surface area contributed by atoms with Crippen molar-refractivity contribution in [3.05, 3.63) is 119 Å². The van der Waals surface area contributed by atoms with Crippen LogP contribution in [-0.2, 0) is 30.5 Å². The maximum absolute atomic E-state index is 15.4. The number of halogens is 2. The molecule has 14 nitrogen and oxygen atoms in total. The highest BCUT2D eigenvalue weighted by atomic mass is 35.5. The zero-order valence-electron chi connectivity index (χ0n) is 38.5. The number of oxazole rings is 1. The van der Waals surface area contributed by atoms with E-state index in [4.69, 9.17) is 37.7 Å². The van der Waals surface area contributed by atoms with Gasteiger partial charge in [0.2, 0.25) is 17.7 Å². The molecule has 0 spiro atoms. The first-order valence-electron chi connectivity index (χ1n) is 22.3. The minimum absolute atomic E-state index is 0.212. The van der Waals surface area contributed by atoms with E-state index < -0.39 is 34.8 Å². The number of carbonyl (C=O) groups is 4. The Morgan fingerprint density at radius 3 is 2.37 bits per heavy atom. The standard InChI is InChI=1S/C51H53ClFN7O7S/c1-50(2,3)45(47(63)58-22-8-9-42(58)46(62)56-28-32-10-12-34(13-11-32)43-29-55-31-67-43)57-44(61)30-65-23-6-7-24-66-38-20-21-39(41(53)26-38)33-14-17-36(18-15-33)60-49(68)59(48(64)51(60,4)5)37-19-16-35(27-54)40(52)25-37/h10-21,25-26,29,31,42,45H,6-9,22-24,28,30H2,1-5H3,(H,56,62)(H,57,61)/t42-,45?/m0/s1. The number of thiocarbonyl (C=S) groups is 1. The van der Waals surface area contributed by atoms with Gasteiger partial charge in [0.25, 0.3) is 5.91 Å². The molecule has 354 valence electrons. The minimum Gasteiger partial charge on any atom is -0.493 e. The van der Waals surface area contributed by atoms with Crippen LogP contribution >= 0.6 is 23.8 Å². The third kappa shape index (κ3) is 11.0. The third-order valence-corrected chi connectivity index (χ3v) is 12.6. The molecule has 0 bridgehead atoms. The summed E-state index contributed by atoms with van der Waals surface area (Å²) in [6.07, 6.45) is 5.34. The predicted octanol–water partition coefficient (Wildman–Crippen LogP) is 8.60. The highest BCUT2D eigenvalue weighted by molar-refractivity contribution is 7.81. The molecule has 0 radical (unpaired) electrons. The second-order valence-electron chi connectivity index (χ2n) is 18.2. The lowest BCUT2D eigenvalue weighted by Gasteiger charge is -2.35. The van der Waals surface area contributed by atoms with Crippen molar-refractivity contribution in [1.82, 2.24) is 20.5 Å². The van der Waals surface area contributed by atoms with Gasteiger partial charge in [0.1, 0.15) is 41.9 Å². The molecule has 2 N–H and O–H groups in total. The number of amides is 4. The van der Waals surface area contributed by atoms with Crippen LogP contribution in [0.15, 0.2) is 102 Å². The Labute approximate surface area is 405 Å². The number of carbonyl (C=O) groups excluding carboxylic acids is 4. The van der Waals surface area contributed by atoms with Crippen molar-refractivity contribution in [3.8, 4) is 34.3 Å². The summed E-state index contributed by atoms with van der Waals surface area (Å²) in [6.45, 7) is 10.1. The number of anilines is 2. The van der Waals surface area contributed by atoms with Crippen LogP contribution in [0.5, 0.6) is 5.75 Å². The SMILES string of the molecule is CC(C)(C)C(NC(=O)COCCCCOc1ccc(-c2ccc(N3C(=S)N(c4ccc(C#N)c(Cl)c4)C(=O)C3(C)C)cc2)c(F)c1)C(=O)N1CCC[C@H]1C(=O)NCc1ccc(-c2cnco2)cc1. The molecule has 7 rings (SSSR count). The van der Waals surface area contributed by atoms with E-state index in [9.17, 15) is 24.4 Å². The Morgan fingerprint density at radius 2 is 1.71 bits per heavy atom. The first kappa shape index (κ1) is 49.2. The normalized spacial score (nSPS) is 16.1. The van der Waals surface area contributed by atoms with Gasteiger partial charge in [-0.25, -0.2) is 9.37 Å². The van der Waals surface area contributed by atoms with E-state index in [0.717, 1.165) is 11.1 Å². The van der Waals surface area contributed by atoms with E-state index >= 15 is 4.39 Å². The Bertz CT molecular complexity index is 2700. The lowest BCUT2D eigenvalue weighted by Crippen LogP contribution is -2.58. The first-order chi connectivity index (χ1) is 32.5. The molecule has 4 aromatic carbocycles. The van der Waals surface area contributed by atoms with Crippen LogP contribution in [0.4, 0.5) is 15.8 Å². The topological polar surface area (TPSA) is 170 Å². The van der Waals surface area contributed by atoms with E-state index in [-0.39, 0.29) is 46.6 Å². The largest absolute Gasteiger partial charge is 0.493 e. The zero-order valence-corrected chi connectivity index (χ0v) is 40.1. The Morgan fingerprint density at radius 1 is 1.00 bits per heavy atom. The lowest BCUT2D eigenvalue weighted by atomic mass is 9.85. The third-order valence-electron chi connectivity index (χ3n) is 12.0. The number of aromatic nitrogens is 1. The van der Waals surface area contributed by atoms with Crippen LogP contribution in [0.2, 0.25) is 5.02 Å². The Hall–Kier alpha value is -6.67. The number of nitrogens with one attached hydrogen (secondary N) is 2. The van der Waals surface area contributed by atoms with Gasteiger partial charge in [0.15, 0.2) is 17.3 Å². The summed E-state index contributed by atoms with van der Waals surface area (Å²) in [6, 6.07) is 24.5. The fraction of sp³-hybridized carbons (Fsp3) is 0.353. The second-order valence-corrected chi connectivity index (χ2v) is 19.0. The number of ether oxygens (including phenoxy) is 2. The van der Waals surface area contributed by atoms with Crippen LogP contribution < -0.4 is 25.2 Å². The molecule has 1 unspecified atom stereocenters. The van der Waals surface area contributed by atoms with E-state index in [0.29, 0.717) is 79.4 Å². The number of nitriles is 1. The van der Waals surface area contributed by atoms with Gasteiger partial charge in [-0.05, 0) is 111 Å². The van der Waals surface area contributed by atoms with E-state index in [2.05, 4.69) is 15.6 Å². The zero-order chi connectivity index (χ0) is 48.8. The number of likely N-dealkylation sites (tertiary alicyclic amines) is 1. The second kappa shape index (κ2) is 21.1. The Kier molecular flexibility index (Phi) is 15.3. The summed E-state index contributed by atoms with van der Waals surface area (Å²) in [4.78, 5) is 62.6. The molecule has 2 fully saturated rings. The number of unbranched alkanes of at least 4 members (excludes halogenated alkanes) is 1. The van der Waals surface area contributed by atoms with Crippen LogP contribution in [0.25, 0.3) is 22.5 Å². The maximum Gasteiger partial charge on any atom is 0.259 e. The molecule has 0 saturated carbocycles. The molecule has 68 heavy (non-hydrogen) atoms. The van der Waals surface area contributed by atoms with Gasteiger partial charge in [-0.2, -0.15) is 5.26 Å². The van der Waals surface area contributed by atoms with Crippen LogP contribution in [-0.4, -0.2) is 82.6 Å². The monoisotopic (exact) mass is 961 g/mol. The summed E-state index contributed by atoms with van der Waals surface area (Å²) < 4.78 is 32.2. The molecule has 3 heterocycles. The molecule has 5 aromatic rings. The summed E-state index contributed by atoms with van der Waals surface area (Å²) in [5, 5.41) is 15.6. The van der Waals surface area contributed by atoms with Crippen molar-refractivity contribution in [2.24, 2.45) is 5.41 Å². The van der Waals surface area contributed by atoms with E-state index in [1.54, 1.807) is 84.4 Å². The number of hydrogen-bond acceptors (Lipinski definition) is 10. The summed E-state index contributed by atoms with van der Waals surface area (Å²) >= 11 is 12.0. The first-order valence-corrected chi connectivity index (χ1v) is 23.1. The lowest BCUT2D eigenvalue weighted by molar-refractivity contribution is -0.144. The molecule has 2 aliphatic rings. The molecule has 0 aliphatic carbocycles. The molecule has 2 saturated heterocycles. The van der Waals surface area contributed by atoms with Crippen LogP contribution in [0.3, 0.4) is 0 Å². The predicted molar refractivity (Wildman–Crippen MR) is 260 cm³/mol. The van der Waals surface area contributed by atoms with Crippen molar-refractivity contribution < 1.29 is 37.5 Å². The molecular weight excluding hydrogens is 909 g/mol. The van der Waals surface area contributed by atoms with Gasteiger partial charge >= 0.3 is 0 Å². The number of nitrogens with zero attached hydrogens (tertiary/aromatic N) is 5. The van der Waals surface area contributed by atoms with Gasteiger partial charge in [-0.3, -0.25) is 24.1 Å². The Balaban J connectivity index is 0.836. The van der Waals surface area contributed by atoms with Crippen molar-refractivity contribution in [1.29, 1.82) is 5.26 Å². The van der Waals surface area contributed by atoms with Gasteiger partial charge < -0.3 is 34.3 Å². The van der Waals surface area contributed by atoms with Crippen molar-refractivity contribution in [2.75, 3.05) is 36.2 Å². The average Bonchev–Trinajstić information content (AvgIpc) is 4.07. The highest BCUT2D eigenvalue weighted by Crippen LogP contribution is 2.39. The maximum atomic E-state index is 15.4. The fourth-order valence-electron chi connectivity index (χ4n) is 8.23. The quantitative estimate of drug-likeness (QED) is 0.0676. The molecule has 2 atom stereocenters. The molecule has 1 aromatic heterocycles. The highest BCUT2D eigenvalue weighted by Gasteiger charge is 2.50. The smallest absolute Gasteiger partial charge is 0.259 e. The molecule has 4 amide bonds. The van der Waals surface area contributed by atoms with Gasteiger partial charge in [-0.1, -0.05) is 68.8 Å². The summed E-state index contributed by atoms with van der Waals surface area (Å²) in [5.74, 6) is -0.730. The summed E-state index contributed by atoms with van der Waals surface area (Å²) in [7, 11) is 0. The fourth-order valence-corrected chi connectivity index (χ4v) is 8.97. The number of hydrogen-bond donors (Lipinski definition) is 2. The van der Waals surface area contributed by atoms with Crippen molar-refractivity contribution >= 4 is 63.9 Å². The van der Waals surface area contributed by atoms with E-state index in [1.807, 2.05) is 51.1 Å². The summed E-state index contributed by atoms with van der Waals surface area (Å²) in [5.41, 5.74) is 2.44. The molecular formula is C51H53ClFN7O7S. The van der Waals surface area contributed by atoms with Gasteiger partial charge in [0, 0.05) is 42.6 Å². The van der Waals surface area contributed by atoms with Gasteiger partial charge in [-0.15, -0.1) is 0 Å². The van der Waals surface area contributed by atoms with Gasteiger partial charge in [0.05, 0.1) is 29.1 Å². The van der Waals surface area contributed by atoms with Crippen molar-refractivity contribution in [2.45, 2.75) is 84.5 Å². The minimum atomic E-state index is -1.04. The number of benzene rings is 4. The van der Waals surface area contributed by atoms with Crippen molar-refractivity contribution in [3.63, 3.8) is 0 Å².